The van der Waals surface area contributed by atoms with E-state index in [-0.39, 0.29) is 11.3 Å². The Labute approximate surface area is 90.6 Å². The van der Waals surface area contributed by atoms with Crippen molar-refractivity contribution in [3.05, 3.63) is 23.3 Å². The maximum absolute atomic E-state index is 10.5. The monoisotopic (exact) mass is 226 g/mol. The van der Waals surface area contributed by atoms with Crippen molar-refractivity contribution in [1.29, 1.82) is 0 Å². The molecular weight excluding hydrogens is 214 g/mol. The first-order valence-corrected chi connectivity index (χ1v) is 5.89. The van der Waals surface area contributed by atoms with Crippen molar-refractivity contribution in [2.75, 3.05) is 0 Å². The minimum atomic E-state index is -2.13. The van der Waals surface area contributed by atoms with Crippen molar-refractivity contribution in [2.45, 2.75) is 31.7 Å². The van der Waals surface area contributed by atoms with E-state index in [4.69, 9.17) is 0 Å². The van der Waals surface area contributed by atoms with E-state index in [1.54, 1.807) is 6.20 Å². The molecule has 15 heavy (non-hydrogen) atoms. The molecule has 0 aliphatic carbocycles. The third-order valence-corrected chi connectivity index (χ3v) is 3.03. The number of fused-ring (bicyclic) bond motifs is 1. The number of rotatable bonds is 2. The Morgan fingerprint density at radius 2 is 2.40 bits per heavy atom. The van der Waals surface area contributed by atoms with E-state index in [1.807, 2.05) is 13.8 Å². The van der Waals surface area contributed by atoms with Gasteiger partial charge in [-0.1, -0.05) is 0 Å². The summed E-state index contributed by atoms with van der Waals surface area (Å²) < 4.78 is 21.0. The largest absolute Gasteiger partial charge is 0.772 e. The van der Waals surface area contributed by atoms with Gasteiger partial charge in [0.25, 0.3) is 0 Å². The summed E-state index contributed by atoms with van der Waals surface area (Å²) in [7, 11) is 0. The van der Waals surface area contributed by atoms with Crippen LogP contribution in [0.25, 0.3) is 0 Å². The second kappa shape index (κ2) is 3.62. The summed E-state index contributed by atoms with van der Waals surface area (Å²) in [6.45, 7) is 4.77. The van der Waals surface area contributed by atoms with Gasteiger partial charge in [0.05, 0.1) is 11.4 Å². The van der Waals surface area contributed by atoms with Gasteiger partial charge >= 0.3 is 0 Å². The van der Waals surface area contributed by atoms with Gasteiger partial charge in [0.2, 0.25) is 0 Å². The summed E-state index contributed by atoms with van der Waals surface area (Å²) in [6.07, 6.45) is 1.71. The highest BCUT2D eigenvalue weighted by Gasteiger charge is 2.30. The van der Waals surface area contributed by atoms with Crippen LogP contribution >= 0.6 is 0 Å². The van der Waals surface area contributed by atoms with Crippen LogP contribution in [0.4, 0.5) is 0 Å². The maximum Gasteiger partial charge on any atom is 0.139 e. The van der Waals surface area contributed by atoms with Crippen molar-refractivity contribution in [1.82, 2.24) is 15.3 Å². The van der Waals surface area contributed by atoms with Gasteiger partial charge in [0.1, 0.15) is 5.82 Å². The zero-order chi connectivity index (χ0) is 11.1. The van der Waals surface area contributed by atoms with E-state index < -0.39 is 11.1 Å². The second-order valence-electron chi connectivity index (χ2n) is 4.07. The number of hydrogen-bond acceptors (Lipinski definition) is 5. The van der Waals surface area contributed by atoms with Gasteiger partial charge < -0.3 is 9.87 Å². The summed E-state index contributed by atoms with van der Waals surface area (Å²) in [5.41, 5.74) is 1.82. The molecule has 0 spiro atoms. The topological polar surface area (TPSA) is 77.9 Å². The van der Waals surface area contributed by atoms with E-state index in [0.717, 1.165) is 11.3 Å². The molecule has 2 heterocycles. The maximum atomic E-state index is 10.5. The molecule has 5 nitrogen and oxygen atoms in total. The lowest BCUT2D eigenvalue weighted by Crippen LogP contribution is -2.28. The Kier molecular flexibility index (Phi) is 2.57. The lowest BCUT2D eigenvalue weighted by molar-refractivity contribution is 0.442. The highest BCUT2D eigenvalue weighted by atomic mass is 32.2. The molecule has 0 saturated heterocycles. The minimum Gasteiger partial charge on any atom is -0.772 e. The third kappa shape index (κ3) is 2.06. The van der Waals surface area contributed by atoms with Crippen LogP contribution in [-0.2, 0) is 28.9 Å². The first-order chi connectivity index (χ1) is 6.99. The molecule has 0 amide bonds. The summed E-state index contributed by atoms with van der Waals surface area (Å²) >= 11 is -2.13. The molecule has 0 fully saturated rings. The SMILES string of the molecule is CC1(C)NCc2nc(CS(=O)[O-])ncc21. The van der Waals surface area contributed by atoms with Crippen molar-refractivity contribution < 1.29 is 8.76 Å². The van der Waals surface area contributed by atoms with Crippen LogP contribution in [0.1, 0.15) is 30.9 Å². The average Bonchev–Trinajstić information content (AvgIpc) is 2.41. The van der Waals surface area contributed by atoms with E-state index in [2.05, 4.69) is 15.3 Å². The summed E-state index contributed by atoms with van der Waals surface area (Å²) in [5.74, 6) is 0.245. The van der Waals surface area contributed by atoms with Gasteiger partial charge in [-0.05, 0) is 24.9 Å². The fourth-order valence-electron chi connectivity index (χ4n) is 1.69. The molecule has 1 aromatic heterocycles. The number of nitrogens with zero attached hydrogens (tertiary/aromatic N) is 2. The lowest BCUT2D eigenvalue weighted by Gasteiger charge is -2.18. The standard InChI is InChI=1S/C9H13N3O2S/c1-9(2)6-3-10-8(5-15(13)14)12-7(6)4-11-9/h3,11H,4-5H2,1-2H3,(H,13,14)/p-1. The summed E-state index contributed by atoms with van der Waals surface area (Å²) in [4.78, 5) is 8.26. The quantitative estimate of drug-likeness (QED) is 0.728. The van der Waals surface area contributed by atoms with Crippen molar-refractivity contribution >= 4 is 11.1 Å². The van der Waals surface area contributed by atoms with E-state index in [1.165, 1.54) is 0 Å². The molecule has 0 radical (unpaired) electrons. The Hall–Kier alpha value is -0.850. The molecular formula is C9H12N3O2S-. The average molecular weight is 226 g/mol. The highest BCUT2D eigenvalue weighted by Crippen LogP contribution is 2.28. The molecule has 1 aromatic rings. The molecule has 0 bridgehead atoms. The Balaban J connectivity index is 2.33. The van der Waals surface area contributed by atoms with Gasteiger partial charge in [-0.25, -0.2) is 9.97 Å². The van der Waals surface area contributed by atoms with Crippen molar-refractivity contribution in [2.24, 2.45) is 0 Å². The molecule has 2 rings (SSSR count). The molecule has 0 saturated carbocycles. The van der Waals surface area contributed by atoms with Crippen LogP contribution in [-0.4, -0.2) is 18.7 Å². The molecule has 6 heteroatoms. The first kappa shape index (κ1) is 10.7. The van der Waals surface area contributed by atoms with Crippen LogP contribution in [0.3, 0.4) is 0 Å². The lowest BCUT2D eigenvalue weighted by atomic mass is 9.99. The predicted molar refractivity (Wildman–Crippen MR) is 54.5 cm³/mol. The van der Waals surface area contributed by atoms with Crippen molar-refractivity contribution in [3.63, 3.8) is 0 Å². The molecule has 1 unspecified atom stereocenters. The van der Waals surface area contributed by atoms with Gasteiger partial charge in [-0.3, -0.25) is 4.21 Å². The Morgan fingerprint density at radius 3 is 3.07 bits per heavy atom. The van der Waals surface area contributed by atoms with Crippen molar-refractivity contribution in [3.8, 4) is 0 Å². The van der Waals surface area contributed by atoms with Gasteiger partial charge in [-0.2, -0.15) is 0 Å². The zero-order valence-corrected chi connectivity index (χ0v) is 9.43. The van der Waals surface area contributed by atoms with Gasteiger partial charge in [-0.15, -0.1) is 0 Å². The van der Waals surface area contributed by atoms with Crippen LogP contribution in [0.5, 0.6) is 0 Å². The van der Waals surface area contributed by atoms with Gasteiger partial charge in [0.15, 0.2) is 0 Å². The molecule has 1 aliphatic heterocycles. The number of aromatic nitrogens is 2. The molecule has 0 aromatic carbocycles. The smallest absolute Gasteiger partial charge is 0.139 e. The van der Waals surface area contributed by atoms with E-state index >= 15 is 0 Å². The Bertz CT molecular complexity index is 420. The van der Waals surface area contributed by atoms with Crippen LogP contribution in [0.2, 0.25) is 0 Å². The highest BCUT2D eigenvalue weighted by molar-refractivity contribution is 7.78. The first-order valence-electron chi connectivity index (χ1n) is 4.65. The normalized spacial score (nSPS) is 19.9. The molecule has 1 aliphatic rings. The van der Waals surface area contributed by atoms with E-state index in [0.29, 0.717) is 12.4 Å². The second-order valence-corrected chi connectivity index (χ2v) is 4.97. The Morgan fingerprint density at radius 1 is 1.67 bits per heavy atom. The fraction of sp³-hybridized carbons (Fsp3) is 0.556. The van der Waals surface area contributed by atoms with Crippen LogP contribution < -0.4 is 5.32 Å². The minimum absolute atomic E-state index is 0.117. The molecule has 82 valence electrons. The fourth-order valence-corrected chi connectivity index (χ4v) is 2.04. The van der Waals surface area contributed by atoms with E-state index in [9.17, 15) is 8.76 Å². The van der Waals surface area contributed by atoms with Gasteiger partial charge in [0, 0.05) is 23.8 Å². The zero-order valence-electron chi connectivity index (χ0n) is 8.61. The van der Waals surface area contributed by atoms with Crippen LogP contribution in [0, 0.1) is 0 Å². The molecule has 1 atom stereocenters. The third-order valence-electron chi connectivity index (χ3n) is 2.54. The number of hydrogen-bond donors (Lipinski definition) is 1. The molecule has 1 N–H and O–H groups in total. The summed E-state index contributed by atoms with van der Waals surface area (Å²) in [6, 6.07) is 0. The summed E-state index contributed by atoms with van der Waals surface area (Å²) in [5, 5.41) is 3.29. The number of nitrogens with one attached hydrogen (secondary N) is 1. The van der Waals surface area contributed by atoms with Crippen LogP contribution in [0.15, 0.2) is 6.20 Å². The predicted octanol–water partition coefficient (Wildman–Crippen LogP) is 0.194.